The van der Waals surface area contributed by atoms with Crippen LogP contribution in [0.4, 0.5) is 5.82 Å². The predicted octanol–water partition coefficient (Wildman–Crippen LogP) is 5.22. The Labute approximate surface area is 131 Å². The number of benzene rings is 1. The summed E-state index contributed by atoms with van der Waals surface area (Å²) in [4.78, 5) is 0. The van der Waals surface area contributed by atoms with E-state index in [9.17, 15) is 0 Å². The monoisotopic (exact) mass is 305 g/mol. The summed E-state index contributed by atoms with van der Waals surface area (Å²) in [6.45, 7) is 2.24. The van der Waals surface area contributed by atoms with Crippen molar-refractivity contribution in [2.24, 2.45) is 0 Å². The predicted molar refractivity (Wildman–Crippen MR) is 90.5 cm³/mol. The molecule has 114 valence electrons. The molecule has 2 aromatic rings. The number of aromatic nitrogens is 2. The van der Waals surface area contributed by atoms with Crippen LogP contribution in [-0.4, -0.2) is 10.2 Å². The third-order valence-electron chi connectivity index (χ3n) is 3.78. The number of anilines is 1. The van der Waals surface area contributed by atoms with Crippen LogP contribution in [0.25, 0.3) is 11.1 Å². The smallest absolute Gasteiger partial charge is 0.153 e. The Kier molecular flexibility index (Phi) is 6.12. The zero-order valence-corrected chi connectivity index (χ0v) is 13.4. The van der Waals surface area contributed by atoms with E-state index in [0.29, 0.717) is 5.82 Å². The maximum atomic E-state index is 6.01. The number of unbranched alkanes of at least 4 members (excludes halogenated alkanes) is 5. The summed E-state index contributed by atoms with van der Waals surface area (Å²) < 4.78 is 0. The minimum atomic E-state index is 0.568. The van der Waals surface area contributed by atoms with E-state index in [2.05, 4.69) is 17.1 Å². The fourth-order valence-corrected chi connectivity index (χ4v) is 2.72. The second-order valence-corrected chi connectivity index (χ2v) is 5.92. The number of nitrogen functional groups attached to an aromatic ring is 1. The Morgan fingerprint density at radius 1 is 1.05 bits per heavy atom. The fourth-order valence-electron chi connectivity index (χ4n) is 2.60. The van der Waals surface area contributed by atoms with Gasteiger partial charge in [0.05, 0.1) is 0 Å². The van der Waals surface area contributed by atoms with Gasteiger partial charge in [-0.2, -0.15) is 5.10 Å². The van der Waals surface area contributed by atoms with Crippen molar-refractivity contribution in [3.63, 3.8) is 0 Å². The number of hydrogen-bond donors (Lipinski definition) is 2. The molecule has 0 aliphatic rings. The maximum Gasteiger partial charge on any atom is 0.153 e. The van der Waals surface area contributed by atoms with Crippen LogP contribution in [0.2, 0.25) is 5.02 Å². The number of aryl methyl sites for hydroxylation is 1. The van der Waals surface area contributed by atoms with Gasteiger partial charge in [0.2, 0.25) is 0 Å². The highest BCUT2D eigenvalue weighted by atomic mass is 35.5. The minimum Gasteiger partial charge on any atom is -0.382 e. The quantitative estimate of drug-likeness (QED) is 0.657. The fraction of sp³-hybridized carbons (Fsp3) is 0.471. The van der Waals surface area contributed by atoms with Gasteiger partial charge < -0.3 is 5.73 Å². The van der Waals surface area contributed by atoms with Gasteiger partial charge in [0.25, 0.3) is 0 Å². The van der Waals surface area contributed by atoms with E-state index in [-0.39, 0.29) is 0 Å². The number of hydrogen-bond acceptors (Lipinski definition) is 2. The summed E-state index contributed by atoms with van der Waals surface area (Å²) in [6, 6.07) is 7.76. The standard InChI is InChI=1S/C17H24ClN3/c1-2-3-4-5-6-7-8-15-16(17(19)21-20-15)13-9-11-14(18)12-10-13/h9-12H,2-8H2,1H3,(H3,19,20,21). The largest absolute Gasteiger partial charge is 0.382 e. The minimum absolute atomic E-state index is 0.568. The van der Waals surface area contributed by atoms with Gasteiger partial charge in [0, 0.05) is 16.3 Å². The van der Waals surface area contributed by atoms with Gasteiger partial charge in [0.15, 0.2) is 5.82 Å². The summed E-state index contributed by atoms with van der Waals surface area (Å²) in [5, 5.41) is 7.98. The lowest BCUT2D eigenvalue weighted by atomic mass is 10.0. The molecule has 0 spiro atoms. The highest BCUT2D eigenvalue weighted by Crippen LogP contribution is 2.29. The molecule has 0 aliphatic carbocycles. The van der Waals surface area contributed by atoms with Crippen LogP contribution in [0.1, 0.15) is 51.1 Å². The first-order chi connectivity index (χ1) is 10.2. The van der Waals surface area contributed by atoms with Crippen molar-refractivity contribution in [1.29, 1.82) is 0 Å². The van der Waals surface area contributed by atoms with Gasteiger partial charge in [-0.15, -0.1) is 0 Å². The van der Waals surface area contributed by atoms with Crippen molar-refractivity contribution >= 4 is 17.4 Å². The molecular formula is C17H24ClN3. The molecule has 1 aromatic carbocycles. The highest BCUT2D eigenvalue weighted by Gasteiger charge is 2.12. The molecule has 0 saturated carbocycles. The molecule has 1 aromatic heterocycles. The van der Waals surface area contributed by atoms with Gasteiger partial charge in [-0.25, -0.2) is 0 Å². The molecule has 0 amide bonds. The number of nitrogens with two attached hydrogens (primary N) is 1. The zero-order chi connectivity index (χ0) is 15.1. The van der Waals surface area contributed by atoms with Gasteiger partial charge in [-0.1, -0.05) is 62.8 Å². The lowest BCUT2D eigenvalue weighted by molar-refractivity contribution is 0.604. The van der Waals surface area contributed by atoms with Gasteiger partial charge in [0.1, 0.15) is 0 Å². The highest BCUT2D eigenvalue weighted by molar-refractivity contribution is 6.30. The lowest BCUT2D eigenvalue weighted by Crippen LogP contribution is -1.92. The Morgan fingerprint density at radius 3 is 2.43 bits per heavy atom. The topological polar surface area (TPSA) is 54.7 Å². The Morgan fingerprint density at radius 2 is 1.71 bits per heavy atom. The van der Waals surface area contributed by atoms with E-state index >= 15 is 0 Å². The molecule has 3 N–H and O–H groups in total. The molecule has 1 heterocycles. The third-order valence-corrected chi connectivity index (χ3v) is 4.03. The van der Waals surface area contributed by atoms with Crippen molar-refractivity contribution in [2.45, 2.75) is 51.9 Å². The summed E-state index contributed by atoms with van der Waals surface area (Å²) in [5.41, 5.74) is 9.24. The first-order valence-electron chi connectivity index (χ1n) is 7.81. The van der Waals surface area contributed by atoms with Crippen molar-refractivity contribution in [3.05, 3.63) is 35.0 Å². The molecule has 0 radical (unpaired) electrons. The lowest BCUT2D eigenvalue weighted by Gasteiger charge is -2.05. The van der Waals surface area contributed by atoms with Crippen molar-refractivity contribution in [1.82, 2.24) is 10.2 Å². The number of rotatable bonds is 8. The van der Waals surface area contributed by atoms with Crippen LogP contribution in [0, 0.1) is 0 Å². The SMILES string of the molecule is CCCCCCCCc1[nH]nc(N)c1-c1ccc(Cl)cc1. The maximum absolute atomic E-state index is 6.01. The van der Waals surface area contributed by atoms with E-state index < -0.39 is 0 Å². The molecule has 0 atom stereocenters. The summed E-state index contributed by atoms with van der Waals surface area (Å²) in [5.74, 6) is 0.568. The molecular weight excluding hydrogens is 282 g/mol. The van der Waals surface area contributed by atoms with Crippen LogP contribution in [-0.2, 0) is 6.42 Å². The van der Waals surface area contributed by atoms with Gasteiger partial charge in [-0.3, -0.25) is 5.10 Å². The van der Waals surface area contributed by atoms with E-state index in [4.69, 9.17) is 17.3 Å². The van der Waals surface area contributed by atoms with Crippen molar-refractivity contribution in [3.8, 4) is 11.1 Å². The average molecular weight is 306 g/mol. The Hall–Kier alpha value is -1.48. The van der Waals surface area contributed by atoms with Crippen molar-refractivity contribution in [2.75, 3.05) is 5.73 Å². The molecule has 0 saturated heterocycles. The molecule has 21 heavy (non-hydrogen) atoms. The van der Waals surface area contributed by atoms with E-state index in [1.165, 1.54) is 38.5 Å². The molecule has 3 nitrogen and oxygen atoms in total. The van der Waals surface area contributed by atoms with E-state index in [1.54, 1.807) is 0 Å². The number of nitrogens with one attached hydrogen (secondary N) is 1. The molecule has 0 fully saturated rings. The van der Waals surface area contributed by atoms with Gasteiger partial charge in [-0.05, 0) is 30.5 Å². The number of H-pyrrole nitrogens is 1. The van der Waals surface area contributed by atoms with Crippen LogP contribution < -0.4 is 5.73 Å². The summed E-state index contributed by atoms with van der Waals surface area (Å²) >= 11 is 5.94. The number of aromatic amines is 1. The third kappa shape index (κ3) is 4.50. The molecule has 0 bridgehead atoms. The van der Waals surface area contributed by atoms with E-state index in [1.807, 2.05) is 24.3 Å². The van der Waals surface area contributed by atoms with Crippen LogP contribution >= 0.6 is 11.6 Å². The van der Waals surface area contributed by atoms with Crippen LogP contribution in [0.3, 0.4) is 0 Å². The normalized spacial score (nSPS) is 11.0. The first-order valence-corrected chi connectivity index (χ1v) is 8.18. The molecule has 0 unspecified atom stereocenters. The van der Waals surface area contributed by atoms with Crippen LogP contribution in [0.5, 0.6) is 0 Å². The second kappa shape index (κ2) is 8.08. The molecule has 4 heteroatoms. The zero-order valence-electron chi connectivity index (χ0n) is 12.7. The first kappa shape index (κ1) is 15.9. The Balaban J connectivity index is 1.96. The van der Waals surface area contributed by atoms with E-state index in [0.717, 1.165) is 28.3 Å². The van der Waals surface area contributed by atoms with Crippen molar-refractivity contribution < 1.29 is 0 Å². The average Bonchev–Trinajstić information content (AvgIpc) is 2.85. The summed E-state index contributed by atoms with van der Waals surface area (Å²) in [7, 11) is 0. The Bertz CT molecular complexity index is 546. The number of nitrogens with zero attached hydrogens (tertiary/aromatic N) is 1. The van der Waals surface area contributed by atoms with Gasteiger partial charge >= 0.3 is 0 Å². The summed E-state index contributed by atoms with van der Waals surface area (Å²) in [6.07, 6.45) is 8.71. The number of halogens is 1. The second-order valence-electron chi connectivity index (χ2n) is 5.49. The van der Waals surface area contributed by atoms with Crippen LogP contribution in [0.15, 0.2) is 24.3 Å². The molecule has 2 rings (SSSR count). The molecule has 0 aliphatic heterocycles.